The van der Waals surface area contributed by atoms with Gasteiger partial charge in [-0.3, -0.25) is 4.79 Å². The summed E-state index contributed by atoms with van der Waals surface area (Å²) in [5.41, 5.74) is -1.00. The fourth-order valence-electron chi connectivity index (χ4n) is 3.87. The van der Waals surface area contributed by atoms with E-state index in [1.807, 2.05) is 6.92 Å². The van der Waals surface area contributed by atoms with Gasteiger partial charge < -0.3 is 18.9 Å². The summed E-state index contributed by atoms with van der Waals surface area (Å²) in [7, 11) is 1.49. The van der Waals surface area contributed by atoms with Crippen molar-refractivity contribution in [3.05, 3.63) is 0 Å². The van der Waals surface area contributed by atoms with Crippen molar-refractivity contribution in [2.45, 2.75) is 55.8 Å². The Morgan fingerprint density at radius 1 is 1.39 bits per heavy atom. The second-order valence-electron chi connectivity index (χ2n) is 6.70. The number of hydrogen-bond donors (Lipinski definition) is 0. The van der Waals surface area contributed by atoms with Gasteiger partial charge in [0.15, 0.2) is 5.78 Å². The minimum absolute atomic E-state index is 0.0300. The van der Waals surface area contributed by atoms with Crippen molar-refractivity contribution >= 4 is 5.78 Å². The van der Waals surface area contributed by atoms with Crippen molar-refractivity contribution in [1.29, 1.82) is 0 Å². The molecule has 132 valence electrons. The zero-order valence-electron chi connectivity index (χ0n) is 13.1. The molecule has 0 aromatic rings. The van der Waals surface area contributed by atoms with Crippen LogP contribution in [0.2, 0.25) is 0 Å². The Morgan fingerprint density at radius 2 is 2.09 bits per heavy atom. The quantitative estimate of drug-likeness (QED) is 0.547. The predicted molar refractivity (Wildman–Crippen MR) is 72.0 cm³/mol. The molecule has 2 saturated heterocycles. The molecule has 0 aromatic heterocycles. The Kier molecular flexibility index (Phi) is 4.23. The minimum atomic E-state index is -4.32. The Balaban J connectivity index is 1.59. The fraction of sp³-hybridized carbons (Fsp3) is 0.933. The molecule has 2 aliphatic heterocycles. The minimum Gasteiger partial charge on any atom is -0.373 e. The topological polar surface area (TPSA) is 60.6 Å². The molecule has 5 atom stereocenters. The normalized spacial score (nSPS) is 43.0. The largest absolute Gasteiger partial charge is 0.411 e. The summed E-state index contributed by atoms with van der Waals surface area (Å²) >= 11 is 0. The molecule has 0 radical (unpaired) electrons. The summed E-state index contributed by atoms with van der Waals surface area (Å²) in [6.07, 6.45) is -3.74. The molecule has 2 heterocycles. The van der Waals surface area contributed by atoms with Crippen LogP contribution in [0.3, 0.4) is 0 Å². The first-order valence-corrected chi connectivity index (χ1v) is 7.74. The zero-order chi connectivity index (χ0) is 16.9. The lowest BCUT2D eigenvalue weighted by Crippen LogP contribution is -2.53. The SMILES string of the molecule is COC1C(=O)CCC2(CO2)C1C1(C)OC1CCOCC(F)(F)F. The third-order valence-corrected chi connectivity index (χ3v) is 5.14. The van der Waals surface area contributed by atoms with E-state index in [2.05, 4.69) is 4.74 Å². The summed E-state index contributed by atoms with van der Waals surface area (Å²) in [6, 6.07) is 0. The van der Waals surface area contributed by atoms with Gasteiger partial charge in [0.2, 0.25) is 0 Å². The van der Waals surface area contributed by atoms with Crippen LogP contribution in [0.15, 0.2) is 0 Å². The van der Waals surface area contributed by atoms with E-state index < -0.39 is 24.5 Å². The van der Waals surface area contributed by atoms with E-state index in [-0.39, 0.29) is 30.0 Å². The van der Waals surface area contributed by atoms with Crippen molar-refractivity contribution < 1.29 is 36.9 Å². The smallest absolute Gasteiger partial charge is 0.373 e. The monoisotopic (exact) mass is 338 g/mol. The molecule has 23 heavy (non-hydrogen) atoms. The average Bonchev–Trinajstić information content (AvgIpc) is 3.36. The lowest BCUT2D eigenvalue weighted by atomic mass is 9.69. The number of halogens is 3. The highest BCUT2D eigenvalue weighted by atomic mass is 19.4. The number of ether oxygens (including phenoxy) is 4. The Hall–Kier alpha value is -0.700. The predicted octanol–water partition coefficient (Wildman–Crippen LogP) is 1.88. The maximum absolute atomic E-state index is 12.1. The Labute approximate surface area is 132 Å². The highest BCUT2D eigenvalue weighted by molar-refractivity contribution is 5.85. The number of carbonyl (C=O) groups excluding carboxylic acids is 1. The average molecular weight is 338 g/mol. The molecule has 0 N–H and O–H groups in total. The van der Waals surface area contributed by atoms with Crippen LogP contribution < -0.4 is 0 Å². The van der Waals surface area contributed by atoms with Gasteiger partial charge in [0.25, 0.3) is 0 Å². The highest BCUT2D eigenvalue weighted by Crippen LogP contribution is 2.58. The maximum atomic E-state index is 12.1. The summed E-state index contributed by atoms with van der Waals surface area (Å²) in [6.45, 7) is 1.15. The third kappa shape index (κ3) is 3.26. The molecule has 0 amide bonds. The van der Waals surface area contributed by atoms with Gasteiger partial charge in [-0.15, -0.1) is 0 Å². The Morgan fingerprint density at radius 3 is 2.65 bits per heavy atom. The number of rotatable bonds is 6. The highest BCUT2D eigenvalue weighted by Gasteiger charge is 2.71. The molecule has 8 heteroatoms. The molecule has 5 unspecified atom stereocenters. The van der Waals surface area contributed by atoms with Crippen molar-refractivity contribution in [1.82, 2.24) is 0 Å². The molecule has 5 nitrogen and oxygen atoms in total. The molecular weight excluding hydrogens is 317 g/mol. The van der Waals surface area contributed by atoms with E-state index in [0.717, 1.165) is 0 Å². The second-order valence-corrected chi connectivity index (χ2v) is 6.70. The van der Waals surface area contributed by atoms with Gasteiger partial charge in [-0.1, -0.05) is 0 Å². The third-order valence-electron chi connectivity index (χ3n) is 5.14. The number of alkyl halides is 3. The summed E-state index contributed by atoms with van der Waals surface area (Å²) in [4.78, 5) is 12.1. The van der Waals surface area contributed by atoms with Crippen LogP contribution in [0.1, 0.15) is 26.2 Å². The van der Waals surface area contributed by atoms with Gasteiger partial charge in [-0.05, 0) is 19.8 Å². The second kappa shape index (κ2) is 5.68. The van der Waals surface area contributed by atoms with Crippen LogP contribution >= 0.6 is 0 Å². The van der Waals surface area contributed by atoms with Gasteiger partial charge in [0, 0.05) is 20.1 Å². The fourth-order valence-corrected chi connectivity index (χ4v) is 3.87. The number of Topliss-reactive ketones (excluding diaryl/α,β-unsaturated/α-hetero) is 1. The zero-order valence-corrected chi connectivity index (χ0v) is 13.1. The number of epoxide rings is 2. The van der Waals surface area contributed by atoms with Crippen LogP contribution in [-0.2, 0) is 23.7 Å². The van der Waals surface area contributed by atoms with Gasteiger partial charge in [-0.25, -0.2) is 0 Å². The van der Waals surface area contributed by atoms with Gasteiger partial charge in [-0.2, -0.15) is 13.2 Å². The van der Waals surface area contributed by atoms with E-state index >= 15 is 0 Å². The molecule has 0 aromatic carbocycles. The standard InChI is InChI=1S/C15H21F3O5/c1-13(10(23-13)4-6-21-8-15(16,17)18)12-11(20-2)9(19)3-5-14(12)7-22-14/h10-12H,3-8H2,1-2H3. The molecule has 0 bridgehead atoms. The van der Waals surface area contributed by atoms with Crippen LogP contribution in [0.4, 0.5) is 13.2 Å². The van der Waals surface area contributed by atoms with Crippen LogP contribution in [0.5, 0.6) is 0 Å². The first kappa shape index (κ1) is 17.1. The number of carbonyl (C=O) groups is 1. The van der Waals surface area contributed by atoms with Crippen molar-refractivity contribution in [3.63, 3.8) is 0 Å². The summed E-state index contributed by atoms with van der Waals surface area (Å²) < 4.78 is 57.6. The van der Waals surface area contributed by atoms with Gasteiger partial charge >= 0.3 is 6.18 Å². The Bertz CT molecular complexity index is 476. The molecule has 1 spiro atoms. The van der Waals surface area contributed by atoms with Crippen LogP contribution in [-0.4, -0.2) is 62.3 Å². The summed E-state index contributed by atoms with van der Waals surface area (Å²) in [5.74, 6) is -0.198. The molecule has 1 saturated carbocycles. The van der Waals surface area contributed by atoms with E-state index in [0.29, 0.717) is 25.9 Å². The van der Waals surface area contributed by atoms with E-state index in [1.54, 1.807) is 0 Å². The van der Waals surface area contributed by atoms with Crippen molar-refractivity contribution in [2.24, 2.45) is 5.92 Å². The van der Waals surface area contributed by atoms with Crippen LogP contribution in [0.25, 0.3) is 0 Å². The van der Waals surface area contributed by atoms with Crippen LogP contribution in [0, 0.1) is 5.92 Å². The first-order chi connectivity index (χ1) is 10.7. The van der Waals surface area contributed by atoms with Crippen molar-refractivity contribution in [2.75, 3.05) is 26.9 Å². The number of ketones is 1. The molecular formula is C15H21F3O5. The van der Waals surface area contributed by atoms with E-state index in [4.69, 9.17) is 14.2 Å². The van der Waals surface area contributed by atoms with Gasteiger partial charge in [0.05, 0.1) is 18.6 Å². The van der Waals surface area contributed by atoms with Gasteiger partial charge in [0.1, 0.15) is 23.9 Å². The molecule has 1 aliphatic carbocycles. The first-order valence-electron chi connectivity index (χ1n) is 7.74. The molecule has 3 fully saturated rings. The lowest BCUT2D eigenvalue weighted by Gasteiger charge is -2.37. The molecule has 3 rings (SSSR count). The maximum Gasteiger partial charge on any atom is 0.411 e. The summed E-state index contributed by atoms with van der Waals surface area (Å²) in [5, 5.41) is 0. The lowest BCUT2D eigenvalue weighted by molar-refractivity contribution is -0.174. The van der Waals surface area contributed by atoms with E-state index in [1.165, 1.54) is 7.11 Å². The molecule has 3 aliphatic rings. The van der Waals surface area contributed by atoms with Crippen molar-refractivity contribution in [3.8, 4) is 0 Å². The number of hydrogen-bond acceptors (Lipinski definition) is 5. The number of methoxy groups -OCH3 is 1. The van der Waals surface area contributed by atoms with E-state index in [9.17, 15) is 18.0 Å².